The first-order valence-electron chi connectivity index (χ1n) is 9.33. The van der Waals surface area contributed by atoms with Gasteiger partial charge >= 0.3 is 0 Å². The minimum atomic E-state index is -0.430. The maximum absolute atomic E-state index is 13.4. The van der Waals surface area contributed by atoms with Crippen molar-refractivity contribution in [3.05, 3.63) is 67.5 Å². The van der Waals surface area contributed by atoms with E-state index >= 15 is 0 Å². The second kappa shape index (κ2) is 8.41. The molecule has 0 aliphatic rings. The summed E-state index contributed by atoms with van der Waals surface area (Å²) in [7, 11) is 3.13. The number of benzene rings is 2. The number of aromatic nitrogens is 2. The highest BCUT2D eigenvalue weighted by Crippen LogP contribution is 2.24. The normalized spacial score (nSPS) is 11.3. The van der Waals surface area contributed by atoms with E-state index < -0.39 is 11.0 Å². The molecule has 154 valence electrons. The lowest BCUT2D eigenvalue weighted by Crippen LogP contribution is -2.28. The number of hydrogen-bond donors (Lipinski definition) is 0. The van der Waals surface area contributed by atoms with Crippen molar-refractivity contribution in [1.29, 1.82) is 0 Å². The van der Waals surface area contributed by atoms with Gasteiger partial charge in [-0.05, 0) is 30.7 Å². The van der Waals surface area contributed by atoms with Crippen molar-refractivity contribution in [1.82, 2.24) is 9.55 Å². The van der Waals surface area contributed by atoms with Crippen LogP contribution in [0.2, 0.25) is 0 Å². The maximum atomic E-state index is 13.4. The molecule has 4 aromatic rings. The molecular formula is C22H19BrN2O5. The summed E-state index contributed by atoms with van der Waals surface area (Å²) < 4.78 is 18.6. The largest absolute Gasteiger partial charge is 0.497 e. The van der Waals surface area contributed by atoms with Gasteiger partial charge in [-0.25, -0.2) is 0 Å². The number of halogens is 1. The van der Waals surface area contributed by atoms with Gasteiger partial charge in [0, 0.05) is 36.4 Å². The van der Waals surface area contributed by atoms with Crippen LogP contribution >= 0.6 is 15.9 Å². The summed E-state index contributed by atoms with van der Waals surface area (Å²) >= 11 is 3.42. The summed E-state index contributed by atoms with van der Waals surface area (Å²) in [6.07, 6.45) is 0.600. The minimum absolute atomic E-state index is 0.00617. The Morgan fingerprint density at radius 3 is 2.57 bits per heavy atom. The molecule has 0 N–H and O–H groups in total. The molecule has 2 aromatic carbocycles. The summed E-state index contributed by atoms with van der Waals surface area (Å²) in [5, 5.41) is 0.243. The molecule has 0 atom stereocenters. The van der Waals surface area contributed by atoms with Crippen molar-refractivity contribution in [2.24, 2.45) is 0 Å². The Hall–Kier alpha value is -2.97. The third kappa shape index (κ3) is 3.64. The Morgan fingerprint density at radius 2 is 1.87 bits per heavy atom. The summed E-state index contributed by atoms with van der Waals surface area (Å²) in [6.45, 7) is 0.845. The maximum Gasteiger partial charge on any atom is 0.269 e. The smallest absolute Gasteiger partial charge is 0.269 e. The van der Waals surface area contributed by atoms with Crippen LogP contribution < -0.4 is 15.7 Å². The first kappa shape index (κ1) is 20.3. The van der Waals surface area contributed by atoms with Crippen molar-refractivity contribution in [3.63, 3.8) is 0 Å². The van der Waals surface area contributed by atoms with Gasteiger partial charge in [0.25, 0.3) is 5.56 Å². The molecule has 0 spiro atoms. The average Bonchev–Trinajstić information content (AvgIpc) is 2.75. The zero-order valence-corrected chi connectivity index (χ0v) is 18.1. The zero-order valence-electron chi connectivity index (χ0n) is 16.5. The minimum Gasteiger partial charge on any atom is -0.497 e. The molecule has 0 aliphatic heterocycles. The third-order valence-corrected chi connectivity index (χ3v) is 5.36. The fourth-order valence-electron chi connectivity index (χ4n) is 3.34. The Labute approximate surface area is 180 Å². The van der Waals surface area contributed by atoms with Gasteiger partial charge in [0.1, 0.15) is 17.2 Å². The van der Waals surface area contributed by atoms with Gasteiger partial charge in [0.2, 0.25) is 11.1 Å². The standard InChI is InChI=1S/C22H19BrN2O5/c1-28-11-3-10-25-20(13-4-6-14(23)7-5-13)24-21-18(22(25)27)19(26)16-9-8-15(29-2)12-17(16)30-21/h4-9,12H,3,10-11H2,1-2H3. The lowest BCUT2D eigenvalue weighted by Gasteiger charge is -2.13. The Kier molecular flexibility index (Phi) is 5.69. The van der Waals surface area contributed by atoms with Crippen molar-refractivity contribution in [3.8, 4) is 17.1 Å². The molecule has 0 aliphatic carbocycles. The van der Waals surface area contributed by atoms with Crippen LogP contribution in [0.25, 0.3) is 33.5 Å². The van der Waals surface area contributed by atoms with Crippen LogP contribution in [-0.4, -0.2) is 30.4 Å². The summed E-state index contributed by atoms with van der Waals surface area (Å²) in [4.78, 5) is 31.0. The van der Waals surface area contributed by atoms with E-state index in [4.69, 9.17) is 13.9 Å². The van der Waals surface area contributed by atoms with E-state index in [1.807, 2.05) is 24.3 Å². The monoisotopic (exact) mass is 470 g/mol. The molecule has 2 aromatic heterocycles. The third-order valence-electron chi connectivity index (χ3n) is 4.84. The second-order valence-electron chi connectivity index (χ2n) is 6.72. The van der Waals surface area contributed by atoms with Gasteiger partial charge in [-0.1, -0.05) is 28.1 Å². The fourth-order valence-corrected chi connectivity index (χ4v) is 3.60. The van der Waals surface area contributed by atoms with Crippen LogP contribution in [0.5, 0.6) is 5.75 Å². The lowest BCUT2D eigenvalue weighted by molar-refractivity contribution is 0.190. The Morgan fingerprint density at radius 1 is 1.10 bits per heavy atom. The van der Waals surface area contributed by atoms with E-state index in [9.17, 15) is 9.59 Å². The number of methoxy groups -OCH3 is 2. The van der Waals surface area contributed by atoms with Gasteiger partial charge in [0.05, 0.1) is 12.5 Å². The topological polar surface area (TPSA) is 83.6 Å². The van der Waals surface area contributed by atoms with E-state index in [-0.39, 0.29) is 11.1 Å². The predicted molar refractivity (Wildman–Crippen MR) is 118 cm³/mol. The second-order valence-corrected chi connectivity index (χ2v) is 7.63. The molecule has 0 bridgehead atoms. The summed E-state index contributed by atoms with van der Waals surface area (Å²) in [5.41, 5.74) is 0.224. The van der Waals surface area contributed by atoms with Crippen LogP contribution in [-0.2, 0) is 11.3 Å². The van der Waals surface area contributed by atoms with E-state index in [0.29, 0.717) is 42.1 Å². The summed E-state index contributed by atoms with van der Waals surface area (Å²) in [6, 6.07) is 12.3. The number of rotatable bonds is 6. The molecule has 30 heavy (non-hydrogen) atoms. The molecule has 8 heteroatoms. The first-order valence-corrected chi connectivity index (χ1v) is 10.1. The van der Waals surface area contributed by atoms with Crippen LogP contribution in [0.4, 0.5) is 0 Å². The molecule has 0 unspecified atom stereocenters. The van der Waals surface area contributed by atoms with Crippen LogP contribution in [0.15, 0.2) is 60.9 Å². The van der Waals surface area contributed by atoms with Gasteiger partial charge in [-0.15, -0.1) is 0 Å². The molecule has 4 rings (SSSR count). The van der Waals surface area contributed by atoms with Gasteiger partial charge < -0.3 is 13.9 Å². The van der Waals surface area contributed by atoms with Gasteiger partial charge in [-0.2, -0.15) is 4.98 Å². The molecule has 0 radical (unpaired) electrons. The Balaban J connectivity index is 2.03. The highest BCUT2D eigenvalue weighted by atomic mass is 79.9. The van der Waals surface area contributed by atoms with Crippen molar-refractivity contribution >= 4 is 38.0 Å². The predicted octanol–water partition coefficient (Wildman–Crippen LogP) is 3.98. The van der Waals surface area contributed by atoms with E-state index in [2.05, 4.69) is 20.9 Å². The number of hydrogen-bond acceptors (Lipinski definition) is 6. The lowest BCUT2D eigenvalue weighted by atomic mass is 10.1. The van der Waals surface area contributed by atoms with Gasteiger partial charge in [-0.3, -0.25) is 14.2 Å². The van der Waals surface area contributed by atoms with Crippen LogP contribution in [0.1, 0.15) is 6.42 Å². The molecular weight excluding hydrogens is 452 g/mol. The van der Waals surface area contributed by atoms with E-state index in [0.717, 1.165) is 10.0 Å². The van der Waals surface area contributed by atoms with E-state index in [1.165, 1.54) is 11.7 Å². The molecule has 0 fully saturated rings. The van der Waals surface area contributed by atoms with Crippen LogP contribution in [0.3, 0.4) is 0 Å². The number of ether oxygens (including phenoxy) is 2. The van der Waals surface area contributed by atoms with Crippen molar-refractivity contribution < 1.29 is 13.9 Å². The zero-order chi connectivity index (χ0) is 21.3. The van der Waals surface area contributed by atoms with Crippen LogP contribution in [0, 0.1) is 0 Å². The number of fused-ring (bicyclic) bond motifs is 2. The SMILES string of the molecule is COCCCn1c(-c2ccc(Br)cc2)nc2oc3cc(OC)ccc3c(=O)c2c1=O. The van der Waals surface area contributed by atoms with Crippen molar-refractivity contribution in [2.75, 3.05) is 20.8 Å². The molecule has 2 heterocycles. The van der Waals surface area contributed by atoms with Crippen molar-refractivity contribution in [2.45, 2.75) is 13.0 Å². The first-order chi connectivity index (χ1) is 14.5. The van der Waals surface area contributed by atoms with E-state index in [1.54, 1.807) is 25.3 Å². The molecule has 7 nitrogen and oxygen atoms in total. The fraction of sp³-hybridized carbons (Fsp3) is 0.227. The summed E-state index contributed by atoms with van der Waals surface area (Å²) in [5.74, 6) is 0.979. The molecule has 0 saturated heterocycles. The Bertz CT molecular complexity index is 1340. The average molecular weight is 471 g/mol. The molecule has 0 amide bonds. The highest BCUT2D eigenvalue weighted by Gasteiger charge is 2.19. The number of nitrogens with zero attached hydrogens (tertiary/aromatic N) is 2. The highest BCUT2D eigenvalue weighted by molar-refractivity contribution is 9.10. The van der Waals surface area contributed by atoms with Gasteiger partial charge in [0.15, 0.2) is 5.39 Å². The molecule has 0 saturated carbocycles. The quantitative estimate of drug-likeness (QED) is 0.313.